The van der Waals surface area contributed by atoms with E-state index in [0.717, 1.165) is 32.2 Å². The normalized spacial score (nSPS) is 22.9. The highest BCUT2D eigenvalue weighted by Gasteiger charge is 2.30. The lowest BCUT2D eigenvalue weighted by molar-refractivity contribution is 0.169. The van der Waals surface area contributed by atoms with Crippen molar-refractivity contribution in [3.05, 3.63) is 0 Å². The predicted octanol–water partition coefficient (Wildman–Crippen LogP) is 0.567. The third-order valence-corrected chi connectivity index (χ3v) is 5.28. The van der Waals surface area contributed by atoms with Crippen LogP contribution in [0.1, 0.15) is 32.6 Å². The Kier molecular flexibility index (Phi) is 7.98. The second kappa shape index (κ2) is 8.94. The van der Waals surface area contributed by atoms with Crippen LogP contribution in [-0.4, -0.2) is 59.2 Å². The molecular formula is C13H29N3O3S. The first-order valence-electron chi connectivity index (χ1n) is 7.44. The van der Waals surface area contributed by atoms with Crippen molar-refractivity contribution < 1.29 is 13.2 Å². The molecule has 0 aliphatic carbocycles. The highest BCUT2D eigenvalue weighted by Crippen LogP contribution is 2.18. The van der Waals surface area contributed by atoms with Crippen LogP contribution in [0.3, 0.4) is 0 Å². The van der Waals surface area contributed by atoms with Crippen LogP contribution in [0.15, 0.2) is 0 Å². The Morgan fingerprint density at radius 2 is 2.20 bits per heavy atom. The van der Waals surface area contributed by atoms with E-state index in [-0.39, 0.29) is 6.04 Å². The van der Waals surface area contributed by atoms with Crippen LogP contribution >= 0.6 is 0 Å². The van der Waals surface area contributed by atoms with Gasteiger partial charge in [0, 0.05) is 26.2 Å². The number of hydrogen-bond acceptors (Lipinski definition) is 4. The van der Waals surface area contributed by atoms with Gasteiger partial charge in [-0.3, -0.25) is 0 Å². The molecule has 1 rings (SSSR count). The fourth-order valence-corrected chi connectivity index (χ4v) is 4.24. The van der Waals surface area contributed by atoms with E-state index in [9.17, 15) is 8.42 Å². The van der Waals surface area contributed by atoms with Gasteiger partial charge in [-0.15, -0.1) is 0 Å². The van der Waals surface area contributed by atoms with E-state index in [4.69, 9.17) is 4.74 Å². The van der Waals surface area contributed by atoms with Crippen LogP contribution in [-0.2, 0) is 14.9 Å². The van der Waals surface area contributed by atoms with Crippen LogP contribution in [0, 0.1) is 5.92 Å². The molecule has 120 valence electrons. The minimum absolute atomic E-state index is 0.139. The Bertz CT molecular complexity index is 354. The Morgan fingerprint density at radius 1 is 1.45 bits per heavy atom. The van der Waals surface area contributed by atoms with Gasteiger partial charge < -0.3 is 10.1 Å². The fourth-order valence-electron chi connectivity index (χ4n) is 2.71. The Hall–Kier alpha value is -0.210. The lowest BCUT2D eigenvalue weighted by Crippen LogP contribution is -2.50. The maximum atomic E-state index is 12.4. The van der Waals surface area contributed by atoms with Gasteiger partial charge >= 0.3 is 0 Å². The van der Waals surface area contributed by atoms with Gasteiger partial charge in [0.15, 0.2) is 0 Å². The SMILES string of the molecule is CCCC(COC)NS(=O)(=O)N1CCCC(CNC)C1. The van der Waals surface area contributed by atoms with Crippen molar-refractivity contribution in [2.75, 3.05) is 40.4 Å². The number of nitrogens with one attached hydrogen (secondary N) is 2. The lowest BCUT2D eigenvalue weighted by atomic mass is 10.00. The molecule has 0 spiro atoms. The number of hydrogen-bond donors (Lipinski definition) is 2. The molecule has 20 heavy (non-hydrogen) atoms. The first kappa shape index (κ1) is 17.8. The molecule has 1 fully saturated rings. The molecule has 0 aromatic carbocycles. The van der Waals surface area contributed by atoms with Crippen molar-refractivity contribution in [1.82, 2.24) is 14.3 Å². The average molecular weight is 307 g/mol. The van der Waals surface area contributed by atoms with Gasteiger partial charge in [-0.05, 0) is 38.8 Å². The van der Waals surface area contributed by atoms with Crippen molar-refractivity contribution in [1.29, 1.82) is 0 Å². The molecule has 1 heterocycles. The zero-order valence-corrected chi connectivity index (χ0v) is 13.7. The second-order valence-corrected chi connectivity index (χ2v) is 7.19. The summed E-state index contributed by atoms with van der Waals surface area (Å²) in [6.07, 6.45) is 3.74. The molecule has 0 aromatic rings. The summed E-state index contributed by atoms with van der Waals surface area (Å²) in [7, 11) is 0.0997. The van der Waals surface area contributed by atoms with Crippen LogP contribution in [0.2, 0.25) is 0 Å². The Labute approximate surface area is 123 Å². The average Bonchev–Trinajstić information content (AvgIpc) is 2.39. The maximum absolute atomic E-state index is 12.4. The number of nitrogens with zero attached hydrogens (tertiary/aromatic N) is 1. The minimum Gasteiger partial charge on any atom is -0.383 e. The van der Waals surface area contributed by atoms with Gasteiger partial charge in [0.1, 0.15) is 0 Å². The second-order valence-electron chi connectivity index (χ2n) is 5.49. The molecule has 0 aromatic heterocycles. The maximum Gasteiger partial charge on any atom is 0.279 e. The van der Waals surface area contributed by atoms with Crippen molar-refractivity contribution in [3.8, 4) is 0 Å². The molecule has 6 nitrogen and oxygen atoms in total. The molecule has 0 bridgehead atoms. The van der Waals surface area contributed by atoms with Crippen LogP contribution in [0.25, 0.3) is 0 Å². The van der Waals surface area contributed by atoms with Gasteiger partial charge in [-0.1, -0.05) is 13.3 Å². The molecule has 1 aliphatic rings. The van der Waals surface area contributed by atoms with Gasteiger partial charge in [0.2, 0.25) is 0 Å². The van der Waals surface area contributed by atoms with Crippen LogP contribution in [0.4, 0.5) is 0 Å². The monoisotopic (exact) mass is 307 g/mol. The van der Waals surface area contributed by atoms with Gasteiger partial charge in [-0.25, -0.2) is 0 Å². The summed E-state index contributed by atoms with van der Waals surface area (Å²) in [6, 6.07) is -0.139. The summed E-state index contributed by atoms with van der Waals surface area (Å²) < 4.78 is 34.3. The quantitative estimate of drug-likeness (QED) is 0.653. The number of methoxy groups -OCH3 is 1. The predicted molar refractivity (Wildman–Crippen MR) is 80.9 cm³/mol. The smallest absolute Gasteiger partial charge is 0.279 e. The largest absolute Gasteiger partial charge is 0.383 e. The summed E-state index contributed by atoms with van der Waals surface area (Å²) in [6.45, 7) is 4.54. The van der Waals surface area contributed by atoms with Crippen molar-refractivity contribution in [3.63, 3.8) is 0 Å². The third-order valence-electron chi connectivity index (χ3n) is 3.64. The number of ether oxygens (including phenoxy) is 1. The number of rotatable bonds is 9. The standard InChI is InChI=1S/C13H29N3O3S/c1-4-6-13(11-19-3)15-20(17,18)16-8-5-7-12(10-16)9-14-2/h12-15H,4-11H2,1-3H3. The zero-order valence-electron chi connectivity index (χ0n) is 12.9. The molecule has 1 aliphatic heterocycles. The molecule has 0 amide bonds. The number of piperidine rings is 1. The van der Waals surface area contributed by atoms with Gasteiger partial charge in [0.25, 0.3) is 10.2 Å². The van der Waals surface area contributed by atoms with E-state index in [1.165, 1.54) is 0 Å². The third kappa shape index (κ3) is 5.65. The Morgan fingerprint density at radius 3 is 2.80 bits per heavy atom. The van der Waals surface area contributed by atoms with E-state index in [2.05, 4.69) is 10.0 Å². The molecule has 0 saturated carbocycles. The summed E-state index contributed by atoms with van der Waals surface area (Å²) in [5, 5.41) is 3.13. The topological polar surface area (TPSA) is 70.7 Å². The first-order valence-corrected chi connectivity index (χ1v) is 8.88. The van der Waals surface area contributed by atoms with E-state index in [0.29, 0.717) is 25.6 Å². The fraction of sp³-hybridized carbons (Fsp3) is 1.00. The molecular weight excluding hydrogens is 278 g/mol. The summed E-state index contributed by atoms with van der Waals surface area (Å²) in [5.74, 6) is 0.400. The lowest BCUT2D eigenvalue weighted by Gasteiger charge is -2.33. The van der Waals surface area contributed by atoms with Crippen molar-refractivity contribution in [2.45, 2.75) is 38.6 Å². The van der Waals surface area contributed by atoms with E-state index in [1.807, 2.05) is 14.0 Å². The summed E-state index contributed by atoms with van der Waals surface area (Å²) in [4.78, 5) is 0. The highest BCUT2D eigenvalue weighted by molar-refractivity contribution is 7.87. The molecule has 2 unspecified atom stereocenters. The van der Waals surface area contributed by atoms with Crippen LogP contribution < -0.4 is 10.0 Å². The highest BCUT2D eigenvalue weighted by atomic mass is 32.2. The molecule has 0 radical (unpaired) electrons. The summed E-state index contributed by atoms with van der Waals surface area (Å²) in [5.41, 5.74) is 0. The van der Waals surface area contributed by atoms with E-state index in [1.54, 1.807) is 11.4 Å². The Balaban J connectivity index is 2.61. The van der Waals surface area contributed by atoms with Crippen molar-refractivity contribution >= 4 is 10.2 Å². The van der Waals surface area contributed by atoms with E-state index >= 15 is 0 Å². The minimum atomic E-state index is -3.40. The van der Waals surface area contributed by atoms with E-state index < -0.39 is 10.2 Å². The molecule has 2 N–H and O–H groups in total. The van der Waals surface area contributed by atoms with Gasteiger partial charge in [0.05, 0.1) is 6.61 Å². The summed E-state index contributed by atoms with van der Waals surface area (Å²) >= 11 is 0. The molecule has 2 atom stereocenters. The molecule has 7 heteroatoms. The van der Waals surface area contributed by atoms with Crippen molar-refractivity contribution in [2.24, 2.45) is 5.92 Å². The van der Waals surface area contributed by atoms with Crippen LogP contribution in [0.5, 0.6) is 0 Å². The molecule has 1 saturated heterocycles. The first-order chi connectivity index (χ1) is 9.53. The van der Waals surface area contributed by atoms with Gasteiger partial charge in [-0.2, -0.15) is 17.4 Å². The zero-order chi connectivity index (χ0) is 15.0.